The molecule has 1 amide bonds. The maximum Gasteiger partial charge on any atom is 0.235 e. The van der Waals surface area contributed by atoms with Gasteiger partial charge < -0.3 is 14.6 Å². The molecule has 32 heavy (non-hydrogen) atoms. The molecular weight excluding hydrogens is 424 g/mol. The summed E-state index contributed by atoms with van der Waals surface area (Å²) in [6.07, 6.45) is 8.51. The fourth-order valence-electron chi connectivity index (χ4n) is 4.03. The Bertz CT molecular complexity index is 1020. The van der Waals surface area contributed by atoms with Crippen LogP contribution in [0, 0.1) is 0 Å². The molecule has 170 valence electrons. The highest BCUT2D eigenvalue weighted by molar-refractivity contribution is 7.99. The van der Waals surface area contributed by atoms with Crippen molar-refractivity contribution >= 4 is 23.5 Å². The number of nitrogens with one attached hydrogen (secondary N) is 1. The third-order valence-electron chi connectivity index (χ3n) is 5.74. The maximum atomic E-state index is 12.7. The molecule has 0 spiro atoms. The van der Waals surface area contributed by atoms with Crippen molar-refractivity contribution in [2.24, 2.45) is 0 Å². The lowest BCUT2D eigenvalue weighted by Crippen LogP contribution is -2.19. The lowest BCUT2D eigenvalue weighted by molar-refractivity contribution is -0.113. The van der Waals surface area contributed by atoms with Gasteiger partial charge in [-0.25, -0.2) is 4.68 Å². The minimum Gasteiger partial charge on any atom is -0.497 e. The molecule has 1 N–H and O–H groups in total. The molecule has 1 aliphatic carbocycles. The molecular formula is C23H30N6O2S. The van der Waals surface area contributed by atoms with E-state index in [0.29, 0.717) is 6.04 Å². The molecule has 2 heterocycles. The monoisotopic (exact) mass is 454 g/mol. The lowest BCUT2D eigenvalue weighted by atomic mass is 10.2. The summed E-state index contributed by atoms with van der Waals surface area (Å²) in [7, 11) is 1.65. The van der Waals surface area contributed by atoms with Gasteiger partial charge in [0.2, 0.25) is 5.91 Å². The predicted octanol–water partition coefficient (Wildman–Crippen LogP) is 4.80. The molecule has 8 nitrogen and oxygen atoms in total. The second kappa shape index (κ2) is 10.7. The van der Waals surface area contributed by atoms with Crippen molar-refractivity contribution in [3.05, 3.63) is 36.5 Å². The van der Waals surface area contributed by atoms with Gasteiger partial charge in [-0.2, -0.15) is 5.10 Å². The van der Waals surface area contributed by atoms with Gasteiger partial charge in [-0.1, -0.05) is 37.9 Å². The molecule has 0 bridgehead atoms. The summed E-state index contributed by atoms with van der Waals surface area (Å²) in [6, 6.07) is 10.1. The Morgan fingerprint density at radius 3 is 2.69 bits per heavy atom. The third kappa shape index (κ3) is 5.15. The molecule has 1 saturated carbocycles. The van der Waals surface area contributed by atoms with Crippen LogP contribution >= 0.6 is 11.8 Å². The number of hydrogen-bond donors (Lipinski definition) is 1. The highest BCUT2D eigenvalue weighted by atomic mass is 32.2. The van der Waals surface area contributed by atoms with E-state index in [1.807, 2.05) is 35.0 Å². The molecule has 1 fully saturated rings. The number of methoxy groups -OCH3 is 1. The van der Waals surface area contributed by atoms with Gasteiger partial charge >= 0.3 is 0 Å². The number of thioether (sulfide) groups is 1. The van der Waals surface area contributed by atoms with Crippen molar-refractivity contribution in [3.8, 4) is 17.1 Å². The van der Waals surface area contributed by atoms with Gasteiger partial charge in [-0.15, -0.1) is 10.2 Å². The fraction of sp³-hybridized carbons (Fsp3) is 0.478. The van der Waals surface area contributed by atoms with Crippen LogP contribution in [0.25, 0.3) is 11.4 Å². The van der Waals surface area contributed by atoms with Gasteiger partial charge in [0.15, 0.2) is 11.0 Å². The smallest absolute Gasteiger partial charge is 0.235 e. The van der Waals surface area contributed by atoms with Crippen LogP contribution in [0.5, 0.6) is 5.75 Å². The summed E-state index contributed by atoms with van der Waals surface area (Å²) in [5.41, 5.74) is 0.978. The molecule has 3 aromatic rings. The second-order valence-electron chi connectivity index (χ2n) is 7.98. The van der Waals surface area contributed by atoms with Crippen LogP contribution in [0.2, 0.25) is 0 Å². The highest BCUT2D eigenvalue weighted by Gasteiger charge is 2.21. The number of nitrogens with zero attached hydrogens (tertiary/aromatic N) is 5. The quantitative estimate of drug-likeness (QED) is 0.443. The van der Waals surface area contributed by atoms with Crippen molar-refractivity contribution in [2.45, 2.75) is 63.2 Å². The van der Waals surface area contributed by atoms with Gasteiger partial charge in [0.05, 0.1) is 25.1 Å². The van der Waals surface area contributed by atoms with Crippen molar-refractivity contribution in [1.82, 2.24) is 24.5 Å². The van der Waals surface area contributed by atoms with E-state index in [1.54, 1.807) is 13.3 Å². The number of carbonyl (C=O) groups is 1. The SMILES string of the molecule is CCCCn1c(SCC(=O)Nc2ccnn2C2CCCC2)nnc1-c1ccc(OC)cc1. The Balaban J connectivity index is 1.44. The standard InChI is InChI=1S/C23H30N6O2S/c1-3-4-15-28-22(17-9-11-19(31-2)12-10-17)26-27-23(28)32-16-21(30)25-20-13-14-24-29(20)18-7-5-6-8-18/h9-14,18H,3-8,15-16H2,1-2H3,(H,25,30). The van der Waals surface area contributed by atoms with Crippen LogP contribution in [0.4, 0.5) is 5.82 Å². The van der Waals surface area contributed by atoms with E-state index in [9.17, 15) is 4.79 Å². The van der Waals surface area contributed by atoms with Gasteiger partial charge in [0, 0.05) is 18.2 Å². The third-order valence-corrected chi connectivity index (χ3v) is 6.71. The minimum absolute atomic E-state index is 0.0641. The van der Waals surface area contributed by atoms with Crippen molar-refractivity contribution in [2.75, 3.05) is 18.2 Å². The Morgan fingerprint density at radius 2 is 1.97 bits per heavy atom. The Hall–Kier alpha value is -2.81. The highest BCUT2D eigenvalue weighted by Crippen LogP contribution is 2.31. The first kappa shape index (κ1) is 22.4. The van der Waals surface area contributed by atoms with E-state index in [-0.39, 0.29) is 11.7 Å². The summed E-state index contributed by atoms with van der Waals surface area (Å²) < 4.78 is 9.32. The number of carbonyl (C=O) groups excluding carboxylic acids is 1. The van der Waals surface area contributed by atoms with E-state index >= 15 is 0 Å². The van der Waals surface area contributed by atoms with Crippen molar-refractivity contribution < 1.29 is 9.53 Å². The van der Waals surface area contributed by atoms with Crippen molar-refractivity contribution in [3.63, 3.8) is 0 Å². The summed E-state index contributed by atoms with van der Waals surface area (Å²) in [4.78, 5) is 12.7. The summed E-state index contributed by atoms with van der Waals surface area (Å²) in [6.45, 7) is 2.97. The first-order chi connectivity index (χ1) is 15.7. The first-order valence-corrected chi connectivity index (χ1v) is 12.2. The van der Waals surface area contributed by atoms with E-state index < -0.39 is 0 Å². The number of unbranched alkanes of at least 4 members (excludes halogenated alkanes) is 1. The van der Waals surface area contributed by atoms with Gasteiger partial charge in [0.25, 0.3) is 0 Å². The molecule has 0 saturated heterocycles. The number of amides is 1. The topological polar surface area (TPSA) is 86.9 Å². The fourth-order valence-corrected chi connectivity index (χ4v) is 4.79. The van der Waals surface area contributed by atoms with Gasteiger partial charge in [-0.3, -0.25) is 4.79 Å². The molecule has 0 aliphatic heterocycles. The Labute approximate surface area is 192 Å². The molecule has 0 radical (unpaired) electrons. The number of anilines is 1. The number of aromatic nitrogens is 5. The molecule has 9 heteroatoms. The van der Waals surface area contributed by atoms with Crippen LogP contribution in [-0.4, -0.2) is 43.3 Å². The summed E-state index contributed by atoms with van der Waals surface area (Å²) in [5, 5.41) is 17.0. The number of rotatable bonds is 10. The summed E-state index contributed by atoms with van der Waals surface area (Å²) in [5.74, 6) is 2.59. The minimum atomic E-state index is -0.0641. The van der Waals surface area contributed by atoms with Gasteiger partial charge in [0.1, 0.15) is 11.6 Å². The van der Waals surface area contributed by atoms with E-state index in [2.05, 4.69) is 32.1 Å². The van der Waals surface area contributed by atoms with Gasteiger partial charge in [-0.05, 0) is 43.5 Å². The number of hydrogen-bond acceptors (Lipinski definition) is 6. The molecule has 4 rings (SSSR count). The zero-order valence-corrected chi connectivity index (χ0v) is 19.5. The Kier molecular flexibility index (Phi) is 7.47. The van der Waals surface area contributed by atoms with Crippen LogP contribution in [-0.2, 0) is 11.3 Å². The van der Waals surface area contributed by atoms with E-state index in [1.165, 1.54) is 24.6 Å². The van der Waals surface area contributed by atoms with E-state index in [0.717, 1.165) is 60.3 Å². The van der Waals surface area contributed by atoms with Crippen molar-refractivity contribution in [1.29, 1.82) is 0 Å². The van der Waals surface area contributed by atoms with Crippen LogP contribution in [0.1, 0.15) is 51.5 Å². The Morgan fingerprint density at radius 1 is 1.19 bits per heavy atom. The zero-order valence-electron chi connectivity index (χ0n) is 18.7. The largest absolute Gasteiger partial charge is 0.497 e. The van der Waals surface area contributed by atoms with Crippen LogP contribution < -0.4 is 10.1 Å². The molecule has 1 aliphatic rings. The number of ether oxygens (including phenoxy) is 1. The number of benzene rings is 1. The van der Waals surface area contributed by atoms with Crippen LogP contribution in [0.3, 0.4) is 0 Å². The van der Waals surface area contributed by atoms with E-state index in [4.69, 9.17) is 4.74 Å². The predicted molar refractivity (Wildman–Crippen MR) is 126 cm³/mol. The first-order valence-electron chi connectivity index (χ1n) is 11.2. The molecule has 0 unspecified atom stereocenters. The molecule has 2 aromatic heterocycles. The maximum absolute atomic E-state index is 12.7. The zero-order chi connectivity index (χ0) is 22.3. The summed E-state index contributed by atoms with van der Waals surface area (Å²) >= 11 is 1.41. The average Bonchev–Trinajstić information content (AvgIpc) is 3.57. The average molecular weight is 455 g/mol. The molecule has 0 atom stereocenters. The van der Waals surface area contributed by atoms with Crippen LogP contribution in [0.15, 0.2) is 41.7 Å². The molecule has 1 aromatic carbocycles. The lowest BCUT2D eigenvalue weighted by Gasteiger charge is -2.14. The second-order valence-corrected chi connectivity index (χ2v) is 8.92. The normalized spacial score (nSPS) is 14.1.